The molecule has 0 N–H and O–H groups in total. The van der Waals surface area contributed by atoms with Crippen LogP contribution in [0.3, 0.4) is 0 Å². The van der Waals surface area contributed by atoms with E-state index >= 15 is 0 Å². The molecule has 1 unspecified atom stereocenters. The summed E-state index contributed by atoms with van der Waals surface area (Å²) in [7, 11) is -3.25. The van der Waals surface area contributed by atoms with Gasteiger partial charge >= 0.3 is 0 Å². The summed E-state index contributed by atoms with van der Waals surface area (Å²) in [4.78, 5) is 13.6. The van der Waals surface area contributed by atoms with Gasteiger partial charge in [-0.15, -0.1) is 11.6 Å². The monoisotopic (exact) mass is 310 g/mol. The van der Waals surface area contributed by atoms with Gasteiger partial charge in [-0.2, -0.15) is 4.31 Å². The van der Waals surface area contributed by atoms with Crippen molar-refractivity contribution in [2.45, 2.75) is 20.8 Å². The fraction of sp³-hybridized carbons (Fsp3) is 0.917. The van der Waals surface area contributed by atoms with Crippen LogP contribution >= 0.6 is 11.6 Å². The fourth-order valence-electron chi connectivity index (χ4n) is 2.06. The third-order valence-corrected chi connectivity index (χ3v) is 5.87. The zero-order valence-electron chi connectivity index (χ0n) is 11.8. The molecule has 1 heterocycles. The summed E-state index contributed by atoms with van der Waals surface area (Å²) in [5.74, 6) is 0.409. The van der Waals surface area contributed by atoms with Gasteiger partial charge in [-0.25, -0.2) is 8.42 Å². The second-order valence-electron chi connectivity index (χ2n) is 5.42. The lowest BCUT2D eigenvalue weighted by Crippen LogP contribution is -2.52. The molecular formula is C12H23ClN2O3S. The number of nitrogens with zero attached hydrogens (tertiary/aromatic N) is 2. The summed E-state index contributed by atoms with van der Waals surface area (Å²) < 4.78 is 25.7. The average molecular weight is 311 g/mol. The Bertz CT molecular complexity index is 403. The first-order valence-electron chi connectivity index (χ1n) is 6.60. The second-order valence-corrected chi connectivity index (χ2v) is 7.74. The van der Waals surface area contributed by atoms with E-state index in [2.05, 4.69) is 0 Å². The normalized spacial score (nSPS) is 19.7. The van der Waals surface area contributed by atoms with Crippen molar-refractivity contribution in [3.05, 3.63) is 0 Å². The van der Waals surface area contributed by atoms with Crippen LogP contribution in [0.1, 0.15) is 20.8 Å². The molecule has 1 fully saturated rings. The Balaban J connectivity index is 2.56. The predicted octanol–water partition coefficient (Wildman–Crippen LogP) is 0.991. The largest absolute Gasteiger partial charge is 0.340 e. The number of halogens is 1. The molecule has 1 saturated heterocycles. The maximum absolute atomic E-state index is 12.1. The van der Waals surface area contributed by atoms with Crippen molar-refractivity contribution >= 4 is 27.5 Å². The van der Waals surface area contributed by atoms with Crippen molar-refractivity contribution in [1.29, 1.82) is 0 Å². The van der Waals surface area contributed by atoms with Crippen LogP contribution in [0, 0.1) is 11.8 Å². The molecule has 1 rings (SSSR count). The van der Waals surface area contributed by atoms with Crippen LogP contribution in [-0.4, -0.2) is 61.3 Å². The molecule has 0 aromatic rings. The molecule has 0 saturated carbocycles. The Morgan fingerprint density at radius 3 is 2.11 bits per heavy atom. The number of rotatable bonds is 5. The summed E-state index contributed by atoms with van der Waals surface area (Å²) in [6.07, 6.45) is 0. The maximum Gasteiger partial charge on any atom is 0.225 e. The highest BCUT2D eigenvalue weighted by Gasteiger charge is 2.30. The van der Waals surface area contributed by atoms with Crippen LogP contribution in [0.5, 0.6) is 0 Å². The van der Waals surface area contributed by atoms with Crippen LogP contribution in [0.15, 0.2) is 0 Å². The van der Waals surface area contributed by atoms with Crippen molar-refractivity contribution in [2.75, 3.05) is 37.8 Å². The van der Waals surface area contributed by atoms with Crippen LogP contribution in [0.4, 0.5) is 0 Å². The molecule has 0 aliphatic carbocycles. The third-order valence-electron chi connectivity index (χ3n) is 3.20. The number of piperazine rings is 1. The zero-order valence-corrected chi connectivity index (χ0v) is 13.4. The average Bonchev–Trinajstić information content (AvgIpc) is 2.37. The van der Waals surface area contributed by atoms with E-state index in [1.807, 2.05) is 20.8 Å². The lowest BCUT2D eigenvalue weighted by atomic mass is 10.2. The second kappa shape index (κ2) is 6.90. The van der Waals surface area contributed by atoms with Gasteiger partial charge < -0.3 is 4.90 Å². The molecule has 5 nitrogen and oxygen atoms in total. The molecule has 7 heteroatoms. The standard InChI is InChI=1S/C12H23ClN2O3S/c1-10(2)12(16)14-4-6-15(7-5-14)19(17,18)9-11(3)8-13/h10-11H,4-9H2,1-3H3. The molecule has 1 atom stereocenters. The van der Waals surface area contributed by atoms with Crippen molar-refractivity contribution < 1.29 is 13.2 Å². The first-order valence-corrected chi connectivity index (χ1v) is 8.75. The van der Waals surface area contributed by atoms with Gasteiger partial charge in [0, 0.05) is 38.0 Å². The molecule has 0 bridgehead atoms. The van der Waals surface area contributed by atoms with Crippen molar-refractivity contribution in [1.82, 2.24) is 9.21 Å². The highest BCUT2D eigenvalue weighted by molar-refractivity contribution is 7.89. The van der Waals surface area contributed by atoms with Gasteiger partial charge in [-0.1, -0.05) is 20.8 Å². The number of sulfonamides is 1. The first-order chi connectivity index (χ1) is 8.77. The molecule has 0 radical (unpaired) electrons. The Morgan fingerprint density at radius 2 is 1.68 bits per heavy atom. The molecule has 112 valence electrons. The van der Waals surface area contributed by atoms with Crippen LogP contribution < -0.4 is 0 Å². The van der Waals surface area contributed by atoms with E-state index in [9.17, 15) is 13.2 Å². The molecule has 1 aliphatic rings. The minimum Gasteiger partial charge on any atom is -0.340 e. The predicted molar refractivity (Wildman–Crippen MR) is 76.7 cm³/mol. The Morgan fingerprint density at radius 1 is 1.16 bits per heavy atom. The van der Waals surface area contributed by atoms with Gasteiger partial charge in [0.05, 0.1) is 5.75 Å². The van der Waals surface area contributed by atoms with E-state index in [1.165, 1.54) is 4.31 Å². The van der Waals surface area contributed by atoms with E-state index in [1.54, 1.807) is 4.90 Å². The molecule has 19 heavy (non-hydrogen) atoms. The summed E-state index contributed by atoms with van der Waals surface area (Å²) in [5.41, 5.74) is 0. The summed E-state index contributed by atoms with van der Waals surface area (Å²) >= 11 is 5.66. The first kappa shape index (κ1) is 16.7. The van der Waals surface area contributed by atoms with E-state index in [4.69, 9.17) is 11.6 Å². The molecule has 0 aromatic carbocycles. The van der Waals surface area contributed by atoms with E-state index in [0.29, 0.717) is 32.1 Å². The van der Waals surface area contributed by atoms with Crippen molar-refractivity contribution in [3.63, 3.8) is 0 Å². The minimum atomic E-state index is -3.25. The summed E-state index contributed by atoms with van der Waals surface area (Å²) in [6, 6.07) is 0. The smallest absolute Gasteiger partial charge is 0.225 e. The highest BCUT2D eigenvalue weighted by atomic mass is 35.5. The van der Waals surface area contributed by atoms with Crippen LogP contribution in [0.25, 0.3) is 0 Å². The van der Waals surface area contributed by atoms with Gasteiger partial charge in [0.2, 0.25) is 15.9 Å². The van der Waals surface area contributed by atoms with Gasteiger partial charge in [0.15, 0.2) is 0 Å². The quantitative estimate of drug-likeness (QED) is 0.712. The SMILES string of the molecule is CC(CCl)CS(=O)(=O)N1CCN(C(=O)C(C)C)CC1. The van der Waals surface area contributed by atoms with Gasteiger partial charge in [0.25, 0.3) is 0 Å². The van der Waals surface area contributed by atoms with Crippen LogP contribution in [0.2, 0.25) is 0 Å². The highest BCUT2D eigenvalue weighted by Crippen LogP contribution is 2.13. The molecule has 1 aliphatic heterocycles. The van der Waals surface area contributed by atoms with E-state index in [-0.39, 0.29) is 23.5 Å². The molecule has 0 spiro atoms. The maximum atomic E-state index is 12.1. The van der Waals surface area contributed by atoms with Gasteiger partial charge in [-0.3, -0.25) is 4.79 Å². The Kier molecular flexibility index (Phi) is 6.08. The fourth-order valence-corrected chi connectivity index (χ4v) is 4.07. The van der Waals surface area contributed by atoms with Crippen LogP contribution in [-0.2, 0) is 14.8 Å². The van der Waals surface area contributed by atoms with Crippen molar-refractivity contribution in [2.24, 2.45) is 11.8 Å². The number of hydrogen-bond donors (Lipinski definition) is 0. The molecule has 1 amide bonds. The molecule has 0 aromatic heterocycles. The van der Waals surface area contributed by atoms with E-state index in [0.717, 1.165) is 0 Å². The zero-order chi connectivity index (χ0) is 14.6. The Hall–Kier alpha value is -0.330. The number of alkyl halides is 1. The van der Waals surface area contributed by atoms with Crippen molar-refractivity contribution in [3.8, 4) is 0 Å². The third kappa shape index (κ3) is 4.61. The summed E-state index contributed by atoms with van der Waals surface area (Å²) in [5, 5.41) is 0. The Labute approximate surface area is 120 Å². The number of amides is 1. The lowest BCUT2D eigenvalue weighted by molar-refractivity contribution is -0.135. The van der Waals surface area contributed by atoms with Gasteiger partial charge in [0.1, 0.15) is 0 Å². The number of carbonyl (C=O) groups is 1. The lowest BCUT2D eigenvalue weighted by Gasteiger charge is -2.35. The molecular weight excluding hydrogens is 288 g/mol. The number of hydrogen-bond acceptors (Lipinski definition) is 3. The topological polar surface area (TPSA) is 57.7 Å². The van der Waals surface area contributed by atoms with E-state index < -0.39 is 10.0 Å². The van der Waals surface area contributed by atoms with Gasteiger partial charge in [-0.05, 0) is 5.92 Å². The summed E-state index contributed by atoms with van der Waals surface area (Å²) in [6.45, 7) is 7.26. The number of carbonyl (C=O) groups excluding carboxylic acids is 1. The minimum absolute atomic E-state index is 0.0422.